The molecule has 6 nitrogen and oxygen atoms in total. The van der Waals surface area contributed by atoms with E-state index in [1.165, 1.54) is 0 Å². The van der Waals surface area contributed by atoms with Gasteiger partial charge in [0.25, 0.3) is 5.91 Å². The number of hydrazine groups is 1. The van der Waals surface area contributed by atoms with Crippen LogP contribution in [0.2, 0.25) is 0 Å². The minimum absolute atomic E-state index is 0.0551. The zero-order valence-corrected chi connectivity index (χ0v) is 15.5. The maximum Gasteiger partial charge on any atom is 0.268 e. The predicted molar refractivity (Wildman–Crippen MR) is 102 cm³/mol. The third-order valence-electron chi connectivity index (χ3n) is 5.26. The van der Waals surface area contributed by atoms with Crippen molar-refractivity contribution in [2.75, 3.05) is 13.1 Å². The Balaban J connectivity index is 1.50. The van der Waals surface area contributed by atoms with Crippen LogP contribution in [0.15, 0.2) is 40.9 Å². The van der Waals surface area contributed by atoms with Gasteiger partial charge >= 0.3 is 0 Å². The van der Waals surface area contributed by atoms with Gasteiger partial charge in [-0.15, -0.1) is 0 Å². The molecule has 0 spiro atoms. The third kappa shape index (κ3) is 2.34. The van der Waals surface area contributed by atoms with Gasteiger partial charge in [-0.05, 0) is 43.2 Å². The zero-order chi connectivity index (χ0) is 17.8. The van der Waals surface area contributed by atoms with E-state index in [4.69, 9.17) is 0 Å². The molecule has 0 saturated carbocycles. The largest absolute Gasteiger partial charge is 0.506 e. The molecule has 2 aliphatic rings. The second kappa shape index (κ2) is 5.82. The highest BCUT2D eigenvalue weighted by molar-refractivity contribution is 9.10. The lowest BCUT2D eigenvalue weighted by atomic mass is 10.1. The van der Waals surface area contributed by atoms with Crippen LogP contribution in [0.25, 0.3) is 22.4 Å². The molecule has 2 fully saturated rings. The number of para-hydroxylation sites is 1. The van der Waals surface area contributed by atoms with Gasteiger partial charge in [-0.3, -0.25) is 9.80 Å². The quantitative estimate of drug-likeness (QED) is 0.674. The average Bonchev–Trinajstić information content (AvgIpc) is 3.35. The van der Waals surface area contributed by atoms with Crippen molar-refractivity contribution in [2.45, 2.75) is 18.9 Å². The van der Waals surface area contributed by atoms with E-state index >= 15 is 0 Å². The molecule has 2 aliphatic heterocycles. The lowest BCUT2D eigenvalue weighted by molar-refractivity contribution is 0.0334. The van der Waals surface area contributed by atoms with Crippen LogP contribution in [0.1, 0.15) is 23.2 Å². The molecular weight excluding hydrogens is 396 g/mol. The number of H-pyrrole nitrogens is 1. The molecule has 2 saturated heterocycles. The highest BCUT2D eigenvalue weighted by Crippen LogP contribution is 2.34. The van der Waals surface area contributed by atoms with Crippen molar-refractivity contribution in [2.24, 2.45) is 0 Å². The van der Waals surface area contributed by atoms with Crippen LogP contribution in [0.5, 0.6) is 5.75 Å². The van der Waals surface area contributed by atoms with Crippen LogP contribution in [0, 0.1) is 0 Å². The van der Waals surface area contributed by atoms with E-state index in [-0.39, 0.29) is 11.7 Å². The third-order valence-corrected chi connectivity index (χ3v) is 5.92. The number of benzene rings is 2. The van der Waals surface area contributed by atoms with Crippen LogP contribution in [-0.2, 0) is 0 Å². The number of nitrogens with one attached hydrogen (secondary N) is 1. The first-order valence-corrected chi connectivity index (χ1v) is 9.47. The van der Waals surface area contributed by atoms with Crippen molar-refractivity contribution in [3.8, 4) is 17.1 Å². The minimum Gasteiger partial charge on any atom is -0.506 e. The molecule has 1 aromatic heterocycles. The smallest absolute Gasteiger partial charge is 0.268 e. The summed E-state index contributed by atoms with van der Waals surface area (Å²) in [7, 11) is 0. The maximum absolute atomic E-state index is 12.9. The van der Waals surface area contributed by atoms with Crippen LogP contribution in [0.4, 0.5) is 0 Å². The molecule has 5 rings (SSSR count). The summed E-state index contributed by atoms with van der Waals surface area (Å²) in [5.74, 6) is 0.850. The number of phenolic OH excluding ortho intramolecular Hbond substituents is 1. The van der Waals surface area contributed by atoms with E-state index in [1.54, 1.807) is 12.1 Å². The van der Waals surface area contributed by atoms with E-state index < -0.39 is 0 Å². The predicted octanol–water partition coefficient (Wildman–Crippen LogP) is 3.53. The van der Waals surface area contributed by atoms with Gasteiger partial charge in [0.15, 0.2) is 0 Å². The number of carbonyl (C=O) groups excluding carboxylic acids is 1. The molecule has 3 aromatic rings. The number of piperidine rings is 1. The van der Waals surface area contributed by atoms with Gasteiger partial charge in [-0.2, -0.15) is 0 Å². The second-order valence-electron chi connectivity index (χ2n) is 6.79. The van der Waals surface area contributed by atoms with Gasteiger partial charge in [0.1, 0.15) is 17.1 Å². The molecule has 0 aliphatic carbocycles. The van der Waals surface area contributed by atoms with Crippen LogP contribution < -0.4 is 0 Å². The molecule has 26 heavy (non-hydrogen) atoms. The average molecular weight is 413 g/mol. The lowest BCUT2D eigenvalue weighted by Gasteiger charge is -2.23. The summed E-state index contributed by atoms with van der Waals surface area (Å²) < 4.78 is 0.795. The number of amides is 1. The van der Waals surface area contributed by atoms with Crippen molar-refractivity contribution < 1.29 is 9.90 Å². The number of fused-ring (bicyclic) bond motifs is 3. The highest BCUT2D eigenvalue weighted by atomic mass is 79.9. The van der Waals surface area contributed by atoms with Crippen molar-refractivity contribution in [3.05, 3.63) is 46.4 Å². The molecule has 132 valence electrons. The Labute approximate surface area is 158 Å². The van der Waals surface area contributed by atoms with Gasteiger partial charge in [0, 0.05) is 28.7 Å². The van der Waals surface area contributed by atoms with E-state index in [9.17, 15) is 9.90 Å². The minimum atomic E-state index is 0.0551. The highest BCUT2D eigenvalue weighted by Gasteiger charge is 2.41. The zero-order valence-electron chi connectivity index (χ0n) is 13.9. The Morgan fingerprint density at radius 3 is 2.69 bits per heavy atom. The first-order chi connectivity index (χ1) is 12.6. The van der Waals surface area contributed by atoms with Crippen molar-refractivity contribution in [3.63, 3.8) is 0 Å². The van der Waals surface area contributed by atoms with Gasteiger partial charge in [0.05, 0.1) is 11.6 Å². The molecule has 1 amide bonds. The van der Waals surface area contributed by atoms with E-state index in [0.717, 1.165) is 41.5 Å². The SMILES string of the molecule is O=C(c1ccc(-c2nc3c(O)cccc3[nH]2)c(Br)c1)N1C2CCN1CC2. The van der Waals surface area contributed by atoms with Gasteiger partial charge in [-0.1, -0.05) is 22.0 Å². The summed E-state index contributed by atoms with van der Waals surface area (Å²) >= 11 is 3.58. The Morgan fingerprint density at radius 2 is 2.04 bits per heavy atom. The Morgan fingerprint density at radius 1 is 1.23 bits per heavy atom. The normalized spacial score (nSPS) is 21.7. The maximum atomic E-state index is 12.9. The van der Waals surface area contributed by atoms with Crippen LogP contribution in [0.3, 0.4) is 0 Å². The first-order valence-electron chi connectivity index (χ1n) is 8.68. The Bertz CT molecular complexity index is 1010. The molecule has 3 heterocycles. The number of phenols is 1. The molecule has 2 N–H and O–H groups in total. The van der Waals surface area contributed by atoms with Crippen LogP contribution >= 0.6 is 15.9 Å². The Kier molecular flexibility index (Phi) is 3.55. The molecule has 0 atom stereocenters. The summed E-state index contributed by atoms with van der Waals surface area (Å²) in [6, 6.07) is 11.2. The van der Waals surface area contributed by atoms with Gasteiger partial charge in [0.2, 0.25) is 0 Å². The first kappa shape index (κ1) is 15.8. The summed E-state index contributed by atoms with van der Waals surface area (Å²) in [6.07, 6.45) is 2.13. The molecule has 2 aromatic carbocycles. The summed E-state index contributed by atoms with van der Waals surface area (Å²) in [6.45, 7) is 1.94. The van der Waals surface area contributed by atoms with E-state index in [2.05, 4.69) is 30.9 Å². The molecule has 0 radical (unpaired) electrons. The number of hydrogen-bond donors (Lipinski definition) is 2. The fourth-order valence-corrected chi connectivity index (χ4v) is 4.52. The van der Waals surface area contributed by atoms with Crippen molar-refractivity contribution in [1.82, 2.24) is 20.0 Å². The van der Waals surface area contributed by atoms with Gasteiger partial charge in [-0.25, -0.2) is 9.99 Å². The molecule has 2 bridgehead atoms. The molecule has 0 unspecified atom stereocenters. The van der Waals surface area contributed by atoms with Crippen LogP contribution in [-0.4, -0.2) is 50.1 Å². The Hall–Kier alpha value is -2.38. The fraction of sp³-hybridized carbons (Fsp3) is 0.263. The van der Waals surface area contributed by atoms with E-state index in [0.29, 0.717) is 22.9 Å². The number of carbonyl (C=O) groups is 1. The monoisotopic (exact) mass is 412 g/mol. The molecule has 7 heteroatoms. The number of aromatic amines is 1. The number of aromatic nitrogens is 2. The van der Waals surface area contributed by atoms with Crippen molar-refractivity contribution >= 4 is 32.9 Å². The number of hydrogen-bond acceptors (Lipinski definition) is 4. The van der Waals surface area contributed by atoms with E-state index in [1.807, 2.05) is 29.3 Å². The number of nitrogens with zero attached hydrogens (tertiary/aromatic N) is 3. The number of rotatable bonds is 2. The topological polar surface area (TPSA) is 72.5 Å². The lowest BCUT2D eigenvalue weighted by Crippen LogP contribution is -2.38. The molecular formula is C19H17BrN4O2. The number of halogens is 1. The number of imidazole rings is 1. The van der Waals surface area contributed by atoms with Gasteiger partial charge < -0.3 is 10.1 Å². The fourth-order valence-electron chi connectivity index (χ4n) is 3.95. The summed E-state index contributed by atoms with van der Waals surface area (Å²) in [5, 5.41) is 14.0. The summed E-state index contributed by atoms with van der Waals surface area (Å²) in [4.78, 5) is 20.6. The second-order valence-corrected chi connectivity index (χ2v) is 7.64. The standard InChI is InChI=1S/C19H17BrN4O2/c20-14-10-11(19(26)24-12-6-8-23(24)9-7-12)4-5-13(14)18-21-15-2-1-3-16(25)17(15)22-18/h1-5,10,12,25H,6-9H2,(H,21,22). The summed E-state index contributed by atoms with van der Waals surface area (Å²) in [5.41, 5.74) is 2.82. The number of aromatic hydroxyl groups is 1. The van der Waals surface area contributed by atoms with Crippen molar-refractivity contribution in [1.29, 1.82) is 0 Å².